The Balaban J connectivity index is 1.54. The van der Waals surface area contributed by atoms with Crippen molar-refractivity contribution in [3.8, 4) is 0 Å². The number of carbonyl (C=O) groups excluding carboxylic acids is 5. The minimum atomic E-state index is -0.862. The molecule has 0 aromatic rings. The summed E-state index contributed by atoms with van der Waals surface area (Å²) in [5, 5.41) is 1.18. The predicted octanol–water partition coefficient (Wildman–Crippen LogP) is -0.919. The lowest BCUT2D eigenvalue weighted by Crippen LogP contribution is -2.33. The summed E-state index contributed by atoms with van der Waals surface area (Å²) in [5.41, 5.74) is 0. The van der Waals surface area contributed by atoms with Gasteiger partial charge in [0.05, 0.1) is 6.61 Å². The van der Waals surface area contributed by atoms with Crippen molar-refractivity contribution in [2.75, 3.05) is 19.8 Å². The molecule has 0 spiro atoms. The second-order valence-electron chi connectivity index (χ2n) is 4.87. The normalized spacial score (nSPS) is 18.3. The molecule has 4 amide bonds. The van der Waals surface area contributed by atoms with Crippen LogP contribution in [-0.2, 0) is 38.4 Å². The lowest BCUT2D eigenvalue weighted by atomic mass is 10.4. The zero-order valence-corrected chi connectivity index (χ0v) is 12.3. The third kappa shape index (κ3) is 4.57. The van der Waals surface area contributed by atoms with Crippen LogP contribution < -0.4 is 0 Å². The molecule has 0 unspecified atom stereocenters. The van der Waals surface area contributed by atoms with E-state index >= 15 is 0 Å². The van der Waals surface area contributed by atoms with E-state index in [0.717, 1.165) is 5.06 Å². The van der Waals surface area contributed by atoms with Gasteiger partial charge in [-0.3, -0.25) is 24.0 Å². The van der Waals surface area contributed by atoms with Gasteiger partial charge in [0.15, 0.2) is 0 Å². The molecular weight excluding hydrogens is 312 g/mol. The van der Waals surface area contributed by atoms with Crippen molar-refractivity contribution in [1.29, 1.82) is 0 Å². The number of ether oxygens (including phenoxy) is 1. The van der Waals surface area contributed by atoms with Gasteiger partial charge < -0.3 is 9.57 Å². The predicted molar refractivity (Wildman–Crippen MR) is 69.7 cm³/mol. The molecule has 0 aliphatic carbocycles. The summed E-state index contributed by atoms with van der Waals surface area (Å²) in [6, 6.07) is 0. The fourth-order valence-electron chi connectivity index (χ4n) is 1.96. The van der Waals surface area contributed by atoms with Crippen LogP contribution in [0.3, 0.4) is 0 Å². The fraction of sp³-hybridized carbons (Fsp3) is 0.615. The average Bonchev–Trinajstić information content (AvgIpc) is 3.00. The molecule has 10 nitrogen and oxygen atoms in total. The summed E-state index contributed by atoms with van der Waals surface area (Å²) in [6.07, 6.45) is 0.687. The first kappa shape index (κ1) is 17.0. The van der Waals surface area contributed by atoms with Gasteiger partial charge in [-0.15, -0.1) is 5.06 Å². The zero-order chi connectivity index (χ0) is 16.8. The second-order valence-corrected chi connectivity index (χ2v) is 4.87. The highest BCUT2D eigenvalue weighted by Gasteiger charge is 2.33. The first-order chi connectivity index (χ1) is 11.0. The third-order valence-electron chi connectivity index (χ3n) is 3.08. The van der Waals surface area contributed by atoms with E-state index in [4.69, 9.17) is 9.57 Å². The van der Waals surface area contributed by atoms with Crippen LogP contribution in [-0.4, -0.2) is 59.5 Å². The Kier molecular flexibility index (Phi) is 5.77. The molecule has 2 aliphatic rings. The van der Waals surface area contributed by atoms with Crippen molar-refractivity contribution in [3.05, 3.63) is 0 Å². The molecule has 2 saturated heterocycles. The maximum Gasteiger partial charge on any atom is 0.358 e. The van der Waals surface area contributed by atoms with E-state index < -0.39 is 24.4 Å². The second kappa shape index (κ2) is 7.79. The van der Waals surface area contributed by atoms with Gasteiger partial charge >= 0.3 is 5.97 Å². The van der Waals surface area contributed by atoms with Gasteiger partial charge in [-0.2, -0.15) is 5.06 Å². The van der Waals surface area contributed by atoms with Crippen molar-refractivity contribution in [3.63, 3.8) is 0 Å². The van der Waals surface area contributed by atoms with Gasteiger partial charge in [0.2, 0.25) is 0 Å². The minimum Gasteiger partial charge on any atom is -0.370 e. The van der Waals surface area contributed by atoms with Gasteiger partial charge in [0.1, 0.15) is 6.61 Å². The smallest absolute Gasteiger partial charge is 0.358 e. The van der Waals surface area contributed by atoms with Crippen molar-refractivity contribution < 1.29 is 38.4 Å². The Morgan fingerprint density at radius 2 is 1.35 bits per heavy atom. The summed E-state index contributed by atoms with van der Waals surface area (Å²) in [4.78, 5) is 65.9. The highest BCUT2D eigenvalue weighted by Crippen LogP contribution is 2.13. The first-order valence-electron chi connectivity index (χ1n) is 7.12. The molecule has 0 aromatic carbocycles. The number of imide groups is 2. The lowest BCUT2D eigenvalue weighted by molar-refractivity contribution is -0.200. The van der Waals surface area contributed by atoms with E-state index in [9.17, 15) is 24.0 Å². The molecule has 0 bridgehead atoms. The maximum atomic E-state index is 11.4. The molecule has 0 radical (unpaired) electrons. The summed E-state index contributed by atoms with van der Waals surface area (Å²) in [6.45, 7) is -0.235. The molecule has 2 fully saturated rings. The topological polar surface area (TPSA) is 120 Å². The SMILES string of the molecule is O=C(COCCCON1C(=O)CCC1=O)ON1C(=O)CCC1=O. The maximum absolute atomic E-state index is 11.4. The molecular formula is C13H16N2O8. The summed E-state index contributed by atoms with van der Waals surface area (Å²) < 4.78 is 5.00. The Morgan fingerprint density at radius 3 is 1.91 bits per heavy atom. The minimum absolute atomic E-state index is 0.0260. The van der Waals surface area contributed by atoms with E-state index in [0.29, 0.717) is 11.5 Å². The van der Waals surface area contributed by atoms with E-state index in [2.05, 4.69) is 4.84 Å². The van der Waals surface area contributed by atoms with Crippen LogP contribution in [0.4, 0.5) is 0 Å². The van der Waals surface area contributed by atoms with E-state index in [1.807, 2.05) is 0 Å². The fourth-order valence-corrected chi connectivity index (χ4v) is 1.96. The van der Waals surface area contributed by atoms with Crippen molar-refractivity contribution >= 4 is 29.6 Å². The molecule has 2 aliphatic heterocycles. The number of nitrogens with zero attached hydrogens (tertiary/aromatic N) is 2. The standard InChI is InChI=1S/C13H16N2O8/c16-9-2-3-10(17)14(9)22-7-1-6-21-8-13(20)23-15-11(18)4-5-12(15)19/h1-8H2. The highest BCUT2D eigenvalue weighted by molar-refractivity contribution is 6.01. The van der Waals surface area contributed by atoms with E-state index in [-0.39, 0.29) is 50.7 Å². The lowest BCUT2D eigenvalue weighted by Gasteiger charge is -2.13. The quantitative estimate of drug-likeness (QED) is 0.414. The van der Waals surface area contributed by atoms with Gasteiger partial charge in [0, 0.05) is 32.3 Å². The summed E-state index contributed by atoms with van der Waals surface area (Å²) in [5.74, 6) is -2.73. The van der Waals surface area contributed by atoms with Crippen LogP contribution >= 0.6 is 0 Å². The Labute approximate surface area is 131 Å². The summed E-state index contributed by atoms with van der Waals surface area (Å²) in [7, 11) is 0. The van der Waals surface area contributed by atoms with Crippen LogP contribution in [0.25, 0.3) is 0 Å². The van der Waals surface area contributed by atoms with Gasteiger partial charge in [-0.25, -0.2) is 4.79 Å². The molecule has 0 N–H and O–H groups in total. The van der Waals surface area contributed by atoms with Crippen LogP contribution in [0.15, 0.2) is 0 Å². The van der Waals surface area contributed by atoms with Crippen LogP contribution in [0.1, 0.15) is 32.1 Å². The third-order valence-corrected chi connectivity index (χ3v) is 3.08. The van der Waals surface area contributed by atoms with Gasteiger partial charge in [0.25, 0.3) is 23.6 Å². The van der Waals surface area contributed by atoms with E-state index in [1.165, 1.54) is 0 Å². The monoisotopic (exact) mass is 328 g/mol. The van der Waals surface area contributed by atoms with Crippen molar-refractivity contribution in [2.45, 2.75) is 32.1 Å². The first-order valence-corrected chi connectivity index (χ1v) is 7.12. The van der Waals surface area contributed by atoms with Gasteiger partial charge in [-0.1, -0.05) is 0 Å². The van der Waals surface area contributed by atoms with E-state index in [1.54, 1.807) is 0 Å². The van der Waals surface area contributed by atoms with Gasteiger partial charge in [-0.05, 0) is 6.42 Å². The largest absolute Gasteiger partial charge is 0.370 e. The number of hydrogen-bond acceptors (Lipinski definition) is 8. The number of hydrogen-bond donors (Lipinski definition) is 0. The zero-order valence-electron chi connectivity index (χ0n) is 12.3. The van der Waals surface area contributed by atoms with Crippen LogP contribution in [0.5, 0.6) is 0 Å². The van der Waals surface area contributed by atoms with Crippen LogP contribution in [0, 0.1) is 0 Å². The molecule has 2 rings (SSSR count). The molecule has 0 saturated carbocycles. The molecule has 0 atom stereocenters. The number of hydroxylamine groups is 4. The van der Waals surface area contributed by atoms with Crippen LogP contribution in [0.2, 0.25) is 0 Å². The van der Waals surface area contributed by atoms with Crippen molar-refractivity contribution in [1.82, 2.24) is 10.1 Å². The average molecular weight is 328 g/mol. The Bertz CT molecular complexity index is 500. The number of carbonyl (C=O) groups is 5. The Hall–Kier alpha value is -2.33. The molecule has 2 heterocycles. The molecule has 23 heavy (non-hydrogen) atoms. The number of rotatable bonds is 8. The highest BCUT2D eigenvalue weighted by atomic mass is 16.7. The Morgan fingerprint density at radius 1 is 0.826 bits per heavy atom. The number of amides is 4. The molecule has 10 heteroatoms. The molecule has 0 aromatic heterocycles. The summed E-state index contributed by atoms with van der Waals surface area (Å²) >= 11 is 0. The van der Waals surface area contributed by atoms with Crippen molar-refractivity contribution in [2.24, 2.45) is 0 Å². The molecule has 126 valence electrons.